The molecule has 0 saturated carbocycles. The van der Waals surface area contributed by atoms with Gasteiger partial charge in [-0.3, -0.25) is 4.79 Å². The Balaban J connectivity index is 1.67. The number of aryl methyl sites for hydroxylation is 1. The number of benzene rings is 1. The zero-order valence-electron chi connectivity index (χ0n) is 18.0. The third-order valence-corrected chi connectivity index (χ3v) is 7.22. The first-order valence-electron chi connectivity index (χ1n) is 10.2. The SMILES string of the molecule is Cc1cc(CS(=O)(=O)c2ccc(C(C)(C)C)cc2)n(C2=NNC(=O)C3C=CC=CC23)n1. The van der Waals surface area contributed by atoms with Crippen LogP contribution in [0.3, 0.4) is 0 Å². The lowest BCUT2D eigenvalue weighted by atomic mass is 9.86. The predicted octanol–water partition coefficient (Wildman–Crippen LogP) is 3.11. The number of nitrogens with one attached hydrogen (secondary N) is 1. The van der Waals surface area contributed by atoms with E-state index in [-0.39, 0.29) is 27.9 Å². The first-order chi connectivity index (χ1) is 14.6. The second-order valence-electron chi connectivity index (χ2n) is 8.99. The highest BCUT2D eigenvalue weighted by atomic mass is 32.2. The van der Waals surface area contributed by atoms with Crippen LogP contribution in [0.4, 0.5) is 0 Å². The van der Waals surface area contributed by atoms with E-state index in [1.165, 1.54) is 0 Å². The summed E-state index contributed by atoms with van der Waals surface area (Å²) >= 11 is 0. The molecule has 162 valence electrons. The van der Waals surface area contributed by atoms with Crippen molar-refractivity contribution in [3.63, 3.8) is 0 Å². The van der Waals surface area contributed by atoms with E-state index in [4.69, 9.17) is 0 Å². The molecule has 0 spiro atoms. The van der Waals surface area contributed by atoms with Crippen LogP contribution >= 0.6 is 0 Å². The third kappa shape index (κ3) is 4.12. The maximum Gasteiger partial charge on any atom is 0.248 e. The van der Waals surface area contributed by atoms with Crippen molar-refractivity contribution in [3.8, 4) is 0 Å². The van der Waals surface area contributed by atoms with E-state index in [1.54, 1.807) is 29.8 Å². The predicted molar refractivity (Wildman–Crippen MR) is 119 cm³/mol. The molecule has 0 fully saturated rings. The molecule has 1 aliphatic carbocycles. The number of allylic oxidation sites excluding steroid dienone is 3. The molecule has 0 saturated heterocycles. The fourth-order valence-electron chi connectivity index (χ4n) is 3.85. The molecule has 7 nitrogen and oxygen atoms in total. The number of hydrogen-bond acceptors (Lipinski definition) is 5. The zero-order chi connectivity index (χ0) is 22.4. The molecule has 8 heteroatoms. The standard InChI is InChI=1S/C23H26N4O3S/c1-15-13-17(14-31(29,30)18-11-9-16(10-12-18)23(2,3)4)27(26-15)21-19-7-5-6-8-20(19)22(28)25-24-21/h5-13,19-20H,14H2,1-4H3,(H,25,28). The van der Waals surface area contributed by atoms with Gasteiger partial charge in [0.15, 0.2) is 15.7 Å². The van der Waals surface area contributed by atoms with Crippen molar-refractivity contribution in [2.75, 3.05) is 0 Å². The van der Waals surface area contributed by atoms with Gasteiger partial charge in [0.1, 0.15) is 0 Å². The normalized spacial score (nSPS) is 20.9. The number of rotatable bonds is 3. The first kappa shape index (κ1) is 21.2. The summed E-state index contributed by atoms with van der Waals surface area (Å²) in [6, 6.07) is 8.79. The zero-order valence-corrected chi connectivity index (χ0v) is 18.8. The molecular weight excluding hydrogens is 412 g/mol. The van der Waals surface area contributed by atoms with Crippen LogP contribution in [0, 0.1) is 18.8 Å². The lowest BCUT2D eigenvalue weighted by molar-refractivity contribution is -0.124. The maximum atomic E-state index is 13.2. The number of hydrazone groups is 1. The number of carbonyl (C=O) groups is 1. The van der Waals surface area contributed by atoms with Gasteiger partial charge in [0, 0.05) is 0 Å². The second-order valence-corrected chi connectivity index (χ2v) is 11.0. The van der Waals surface area contributed by atoms with Gasteiger partial charge in [-0.15, -0.1) is 0 Å². The van der Waals surface area contributed by atoms with Gasteiger partial charge in [-0.25, -0.2) is 18.5 Å². The number of fused-ring (bicyclic) bond motifs is 1. The smallest absolute Gasteiger partial charge is 0.248 e. The molecular formula is C23H26N4O3S. The lowest BCUT2D eigenvalue weighted by Gasteiger charge is -2.28. The van der Waals surface area contributed by atoms with Gasteiger partial charge in [-0.2, -0.15) is 10.2 Å². The molecule has 1 amide bonds. The van der Waals surface area contributed by atoms with Gasteiger partial charge in [-0.05, 0) is 36.1 Å². The molecule has 1 aromatic carbocycles. The Morgan fingerprint density at radius 2 is 1.71 bits per heavy atom. The van der Waals surface area contributed by atoms with Crippen LogP contribution in [0.1, 0.15) is 37.7 Å². The van der Waals surface area contributed by atoms with Gasteiger partial charge in [-0.1, -0.05) is 57.2 Å². The Morgan fingerprint density at radius 1 is 1.06 bits per heavy atom. The highest BCUT2D eigenvalue weighted by Gasteiger charge is 2.36. The van der Waals surface area contributed by atoms with E-state index in [9.17, 15) is 13.2 Å². The molecule has 4 rings (SSSR count). The van der Waals surface area contributed by atoms with Gasteiger partial charge in [0.05, 0.1) is 33.9 Å². The lowest BCUT2D eigenvalue weighted by Crippen LogP contribution is -2.44. The molecule has 1 aromatic heterocycles. The summed E-state index contributed by atoms with van der Waals surface area (Å²) in [6.45, 7) is 8.07. The van der Waals surface area contributed by atoms with Crippen molar-refractivity contribution in [3.05, 3.63) is 71.6 Å². The summed E-state index contributed by atoms with van der Waals surface area (Å²) in [4.78, 5) is 12.4. The number of amides is 1. The van der Waals surface area contributed by atoms with E-state index in [2.05, 4.69) is 36.4 Å². The Morgan fingerprint density at radius 3 is 2.35 bits per heavy atom. The number of nitrogens with zero attached hydrogens (tertiary/aromatic N) is 3. The van der Waals surface area contributed by atoms with Crippen LogP contribution in [0.2, 0.25) is 0 Å². The van der Waals surface area contributed by atoms with Crippen molar-refractivity contribution >= 4 is 21.6 Å². The minimum atomic E-state index is -3.60. The van der Waals surface area contributed by atoms with Crippen molar-refractivity contribution in [2.45, 2.75) is 43.8 Å². The van der Waals surface area contributed by atoms with Crippen LogP contribution in [-0.4, -0.2) is 29.9 Å². The van der Waals surface area contributed by atoms with Gasteiger partial charge >= 0.3 is 0 Å². The molecule has 2 aromatic rings. The van der Waals surface area contributed by atoms with Gasteiger partial charge < -0.3 is 0 Å². The van der Waals surface area contributed by atoms with Crippen LogP contribution < -0.4 is 5.43 Å². The Kier molecular flexibility index (Phi) is 5.21. The number of carbonyl (C=O) groups excluding carboxylic acids is 1. The topological polar surface area (TPSA) is 93.4 Å². The molecule has 1 N–H and O–H groups in total. The molecule has 0 radical (unpaired) electrons. The fraction of sp³-hybridized carbons (Fsp3) is 0.348. The maximum absolute atomic E-state index is 13.2. The minimum absolute atomic E-state index is 0.0555. The van der Waals surface area contributed by atoms with Crippen molar-refractivity contribution in [1.29, 1.82) is 0 Å². The average Bonchev–Trinajstić information content (AvgIpc) is 3.07. The van der Waals surface area contributed by atoms with E-state index in [1.807, 2.05) is 36.4 Å². The first-order valence-corrected chi connectivity index (χ1v) is 11.8. The molecule has 31 heavy (non-hydrogen) atoms. The summed E-state index contributed by atoms with van der Waals surface area (Å²) < 4.78 is 27.9. The highest BCUT2D eigenvalue weighted by Crippen LogP contribution is 2.28. The Bertz CT molecular complexity index is 1210. The number of aromatic nitrogens is 2. The van der Waals surface area contributed by atoms with E-state index in [0.717, 1.165) is 5.56 Å². The van der Waals surface area contributed by atoms with Crippen molar-refractivity contribution in [2.24, 2.45) is 16.9 Å². The van der Waals surface area contributed by atoms with E-state index >= 15 is 0 Å². The quantitative estimate of drug-likeness (QED) is 0.797. The minimum Gasteiger partial charge on any atom is -0.272 e. The van der Waals surface area contributed by atoms with E-state index < -0.39 is 15.8 Å². The molecule has 1 aliphatic heterocycles. The molecule has 2 atom stereocenters. The van der Waals surface area contributed by atoms with Crippen LogP contribution in [0.5, 0.6) is 0 Å². The Hall–Kier alpha value is -3.00. The monoisotopic (exact) mass is 438 g/mol. The molecule has 2 aliphatic rings. The van der Waals surface area contributed by atoms with Crippen LogP contribution in [0.15, 0.2) is 64.6 Å². The second kappa shape index (κ2) is 7.60. The van der Waals surface area contributed by atoms with Crippen LogP contribution in [0.25, 0.3) is 0 Å². The Labute approximate surface area is 182 Å². The summed E-state index contributed by atoms with van der Waals surface area (Å²) in [5.41, 5.74) is 4.74. The van der Waals surface area contributed by atoms with E-state index in [0.29, 0.717) is 17.2 Å². The number of hydrogen-bond donors (Lipinski definition) is 1. The molecule has 0 bridgehead atoms. The van der Waals surface area contributed by atoms with Gasteiger partial charge in [0.2, 0.25) is 5.91 Å². The fourth-order valence-corrected chi connectivity index (χ4v) is 5.16. The summed E-state index contributed by atoms with van der Waals surface area (Å²) in [5.74, 6) is -0.591. The average molecular weight is 439 g/mol. The largest absolute Gasteiger partial charge is 0.272 e. The van der Waals surface area contributed by atoms with Gasteiger partial charge in [0.25, 0.3) is 0 Å². The molecule has 2 heterocycles. The van der Waals surface area contributed by atoms with Crippen molar-refractivity contribution < 1.29 is 13.2 Å². The molecule has 2 unspecified atom stereocenters. The summed E-state index contributed by atoms with van der Waals surface area (Å²) in [6.07, 6.45) is 7.39. The van der Waals surface area contributed by atoms with Crippen LogP contribution in [-0.2, 0) is 25.8 Å². The van der Waals surface area contributed by atoms with Crippen molar-refractivity contribution in [1.82, 2.24) is 15.2 Å². The summed E-state index contributed by atoms with van der Waals surface area (Å²) in [7, 11) is -3.60. The highest BCUT2D eigenvalue weighted by molar-refractivity contribution is 7.90. The third-order valence-electron chi connectivity index (χ3n) is 5.56. The summed E-state index contributed by atoms with van der Waals surface area (Å²) in [5, 5.41) is 8.70. The number of sulfone groups is 1.